The van der Waals surface area contributed by atoms with Gasteiger partial charge in [0.2, 0.25) is 5.91 Å². The minimum atomic E-state index is -4.00. The standard InChI is InChI=1S/C26H25NO7S/c1-19-10-16-23(17-11-19)35(31,32)34-22-14-12-20(13-15-22)24(28)18-33-26(30)9-5-8-25(29)27-21-6-3-2-4-7-21/h2-4,6-7,10-17H,5,8-9,18H2,1H3,(H,27,29). The van der Waals surface area contributed by atoms with Crippen molar-refractivity contribution in [2.24, 2.45) is 0 Å². The number of nitrogens with one attached hydrogen (secondary N) is 1. The van der Waals surface area contributed by atoms with Crippen LogP contribution in [0.3, 0.4) is 0 Å². The van der Waals surface area contributed by atoms with E-state index in [1.807, 2.05) is 13.0 Å². The molecule has 0 aliphatic heterocycles. The van der Waals surface area contributed by atoms with E-state index >= 15 is 0 Å². The van der Waals surface area contributed by atoms with Gasteiger partial charge >= 0.3 is 16.1 Å². The molecule has 0 aromatic heterocycles. The Labute approximate surface area is 204 Å². The molecule has 0 unspecified atom stereocenters. The zero-order valence-corrected chi connectivity index (χ0v) is 19.9. The van der Waals surface area contributed by atoms with Crippen molar-refractivity contribution in [3.63, 3.8) is 0 Å². The van der Waals surface area contributed by atoms with E-state index in [-0.39, 0.29) is 41.4 Å². The molecule has 3 aromatic rings. The fourth-order valence-corrected chi connectivity index (χ4v) is 3.95. The first-order valence-electron chi connectivity index (χ1n) is 10.9. The van der Waals surface area contributed by atoms with Gasteiger partial charge in [-0.15, -0.1) is 0 Å². The highest BCUT2D eigenvalue weighted by Gasteiger charge is 2.17. The number of amides is 1. The Morgan fingerprint density at radius 2 is 1.49 bits per heavy atom. The highest BCUT2D eigenvalue weighted by molar-refractivity contribution is 7.87. The quantitative estimate of drug-likeness (QED) is 0.240. The minimum Gasteiger partial charge on any atom is -0.457 e. The van der Waals surface area contributed by atoms with Crippen molar-refractivity contribution in [1.29, 1.82) is 0 Å². The van der Waals surface area contributed by atoms with E-state index in [4.69, 9.17) is 8.92 Å². The summed E-state index contributed by atoms with van der Waals surface area (Å²) in [5.41, 5.74) is 1.83. The monoisotopic (exact) mass is 495 g/mol. The maximum atomic E-state index is 12.4. The van der Waals surface area contributed by atoms with E-state index in [0.717, 1.165) is 5.56 Å². The summed E-state index contributed by atoms with van der Waals surface area (Å²) in [5, 5.41) is 2.72. The summed E-state index contributed by atoms with van der Waals surface area (Å²) in [4.78, 5) is 36.1. The number of para-hydroxylation sites is 1. The van der Waals surface area contributed by atoms with Crippen LogP contribution in [0.5, 0.6) is 5.75 Å². The molecular weight excluding hydrogens is 470 g/mol. The number of hydrogen-bond donors (Lipinski definition) is 1. The summed E-state index contributed by atoms with van der Waals surface area (Å²) >= 11 is 0. The summed E-state index contributed by atoms with van der Waals surface area (Å²) in [6.45, 7) is 1.38. The molecule has 0 saturated heterocycles. The lowest BCUT2D eigenvalue weighted by Gasteiger charge is -2.08. The molecule has 0 atom stereocenters. The van der Waals surface area contributed by atoms with E-state index in [1.54, 1.807) is 36.4 Å². The molecule has 0 spiro atoms. The first-order chi connectivity index (χ1) is 16.7. The lowest BCUT2D eigenvalue weighted by atomic mass is 10.1. The normalized spacial score (nSPS) is 10.9. The molecule has 9 heteroatoms. The largest absolute Gasteiger partial charge is 0.457 e. The van der Waals surface area contributed by atoms with Crippen LogP contribution in [0, 0.1) is 6.92 Å². The fourth-order valence-electron chi connectivity index (χ4n) is 3.02. The molecule has 35 heavy (non-hydrogen) atoms. The molecule has 1 N–H and O–H groups in total. The fraction of sp³-hybridized carbons (Fsp3) is 0.192. The van der Waals surface area contributed by atoms with Crippen LogP contribution >= 0.6 is 0 Å². The second kappa shape index (κ2) is 11.9. The molecule has 0 saturated carbocycles. The topological polar surface area (TPSA) is 116 Å². The molecule has 0 bridgehead atoms. The highest BCUT2D eigenvalue weighted by Crippen LogP contribution is 2.20. The Bertz CT molecular complexity index is 1270. The maximum absolute atomic E-state index is 12.4. The van der Waals surface area contributed by atoms with Crippen LogP contribution in [0.2, 0.25) is 0 Å². The van der Waals surface area contributed by atoms with E-state index in [1.165, 1.54) is 36.4 Å². The van der Waals surface area contributed by atoms with Crippen LogP contribution in [-0.4, -0.2) is 32.7 Å². The van der Waals surface area contributed by atoms with Crippen molar-refractivity contribution >= 4 is 33.5 Å². The van der Waals surface area contributed by atoms with Crippen molar-refractivity contribution in [1.82, 2.24) is 0 Å². The number of hydrogen-bond acceptors (Lipinski definition) is 7. The van der Waals surface area contributed by atoms with E-state index in [0.29, 0.717) is 5.69 Å². The molecule has 8 nitrogen and oxygen atoms in total. The number of rotatable bonds is 11. The predicted octanol–water partition coefficient (Wildman–Crippen LogP) is 4.30. The number of Topliss-reactive ketones (excluding diaryl/α,β-unsaturated/α-hetero) is 1. The number of benzene rings is 3. The summed E-state index contributed by atoms with van der Waals surface area (Å²) < 4.78 is 34.8. The number of anilines is 1. The molecule has 182 valence electrons. The molecule has 0 fully saturated rings. The highest BCUT2D eigenvalue weighted by atomic mass is 32.2. The predicted molar refractivity (Wildman–Crippen MR) is 130 cm³/mol. The van der Waals surface area contributed by atoms with E-state index < -0.39 is 28.5 Å². The summed E-state index contributed by atoms with van der Waals surface area (Å²) in [6.07, 6.45) is 0.428. The van der Waals surface area contributed by atoms with Crippen LogP contribution in [-0.2, 0) is 24.4 Å². The number of carbonyl (C=O) groups excluding carboxylic acids is 3. The minimum absolute atomic E-state index is 0.000856. The van der Waals surface area contributed by atoms with Crippen LogP contribution in [0.4, 0.5) is 5.69 Å². The second-order valence-corrected chi connectivity index (χ2v) is 9.27. The van der Waals surface area contributed by atoms with E-state index in [2.05, 4.69) is 5.32 Å². The molecular formula is C26H25NO7S. The first-order valence-corrected chi connectivity index (χ1v) is 12.3. The van der Waals surface area contributed by atoms with Gasteiger partial charge < -0.3 is 14.2 Å². The van der Waals surface area contributed by atoms with Crippen LogP contribution in [0.15, 0.2) is 83.8 Å². The maximum Gasteiger partial charge on any atom is 0.339 e. The Kier molecular flexibility index (Phi) is 8.74. The Hall–Kier alpha value is -3.98. The lowest BCUT2D eigenvalue weighted by Crippen LogP contribution is -2.15. The van der Waals surface area contributed by atoms with Crippen LogP contribution < -0.4 is 9.50 Å². The van der Waals surface area contributed by atoms with Crippen molar-refractivity contribution in [2.45, 2.75) is 31.1 Å². The van der Waals surface area contributed by atoms with Gasteiger partial charge in [0.15, 0.2) is 12.4 Å². The molecule has 0 aliphatic rings. The average Bonchev–Trinajstić information content (AvgIpc) is 2.83. The number of ketones is 1. The molecule has 3 rings (SSSR count). The Balaban J connectivity index is 1.41. The molecule has 0 radical (unpaired) electrons. The third kappa shape index (κ3) is 8.08. The molecule has 1 amide bonds. The van der Waals surface area contributed by atoms with E-state index in [9.17, 15) is 22.8 Å². The number of carbonyl (C=O) groups is 3. The zero-order valence-electron chi connectivity index (χ0n) is 19.1. The number of aryl methyl sites for hydroxylation is 1. The third-order valence-corrected chi connectivity index (χ3v) is 6.16. The molecule has 0 aliphatic carbocycles. The van der Waals surface area contributed by atoms with Gasteiger partial charge in [-0.05, 0) is 61.9 Å². The first kappa shape index (κ1) is 25.6. The third-order valence-electron chi connectivity index (χ3n) is 4.90. The summed E-state index contributed by atoms with van der Waals surface area (Å²) in [7, 11) is -4.00. The van der Waals surface area contributed by atoms with Gasteiger partial charge in [-0.25, -0.2) is 0 Å². The SMILES string of the molecule is Cc1ccc(S(=O)(=O)Oc2ccc(C(=O)COC(=O)CCCC(=O)Nc3ccccc3)cc2)cc1. The molecule has 0 heterocycles. The van der Waals surface area contributed by atoms with Crippen molar-refractivity contribution in [3.05, 3.63) is 90.0 Å². The van der Waals surface area contributed by atoms with Gasteiger partial charge in [-0.3, -0.25) is 14.4 Å². The second-order valence-electron chi connectivity index (χ2n) is 7.73. The van der Waals surface area contributed by atoms with Crippen molar-refractivity contribution < 1.29 is 31.7 Å². The van der Waals surface area contributed by atoms with Gasteiger partial charge in [-0.2, -0.15) is 8.42 Å². The Morgan fingerprint density at radius 1 is 0.829 bits per heavy atom. The van der Waals surface area contributed by atoms with Gasteiger partial charge in [-0.1, -0.05) is 35.9 Å². The van der Waals surface area contributed by atoms with Crippen molar-refractivity contribution in [3.8, 4) is 5.75 Å². The average molecular weight is 496 g/mol. The summed E-state index contributed by atoms with van der Waals surface area (Å²) in [5.74, 6) is -1.21. The van der Waals surface area contributed by atoms with Crippen LogP contribution in [0.25, 0.3) is 0 Å². The molecule has 3 aromatic carbocycles. The van der Waals surface area contributed by atoms with Gasteiger partial charge in [0.05, 0.1) is 0 Å². The zero-order chi connectivity index (χ0) is 25.3. The van der Waals surface area contributed by atoms with Gasteiger partial charge in [0.1, 0.15) is 10.6 Å². The summed E-state index contributed by atoms with van der Waals surface area (Å²) in [6, 6.07) is 20.7. The number of esters is 1. The van der Waals surface area contributed by atoms with Gasteiger partial charge in [0.25, 0.3) is 0 Å². The smallest absolute Gasteiger partial charge is 0.339 e. The van der Waals surface area contributed by atoms with Crippen LogP contribution in [0.1, 0.15) is 35.2 Å². The Morgan fingerprint density at radius 3 is 2.14 bits per heavy atom. The lowest BCUT2D eigenvalue weighted by molar-refractivity contribution is -0.142. The van der Waals surface area contributed by atoms with Crippen molar-refractivity contribution in [2.75, 3.05) is 11.9 Å². The number of ether oxygens (including phenoxy) is 1. The van der Waals surface area contributed by atoms with Gasteiger partial charge in [0, 0.05) is 24.1 Å².